The third-order valence-corrected chi connectivity index (χ3v) is 4.44. The second-order valence-corrected chi connectivity index (χ2v) is 5.84. The number of hydrogen-bond acceptors (Lipinski definition) is 5. The zero-order valence-corrected chi connectivity index (χ0v) is 12.7. The van der Waals surface area contributed by atoms with Crippen molar-refractivity contribution < 1.29 is 9.72 Å². The van der Waals surface area contributed by atoms with Gasteiger partial charge in [0.15, 0.2) is 0 Å². The average Bonchev–Trinajstić information content (AvgIpc) is 3.09. The van der Waals surface area contributed by atoms with Crippen LogP contribution in [0.25, 0.3) is 0 Å². The molecule has 0 spiro atoms. The van der Waals surface area contributed by atoms with E-state index >= 15 is 0 Å². The first kappa shape index (κ1) is 14.5. The molecule has 0 atom stereocenters. The van der Waals surface area contributed by atoms with Gasteiger partial charge in [-0.1, -0.05) is 0 Å². The Morgan fingerprint density at radius 3 is 2.32 bits per heavy atom. The van der Waals surface area contributed by atoms with Crippen LogP contribution in [0.2, 0.25) is 0 Å². The Bertz CT molecular complexity index is 662. The van der Waals surface area contributed by atoms with E-state index in [-0.39, 0.29) is 11.6 Å². The summed E-state index contributed by atoms with van der Waals surface area (Å²) < 4.78 is 0. The van der Waals surface area contributed by atoms with Gasteiger partial charge in [0.05, 0.1) is 10.5 Å². The van der Waals surface area contributed by atoms with Gasteiger partial charge in [0, 0.05) is 49.4 Å². The van der Waals surface area contributed by atoms with Crippen LogP contribution in [0.1, 0.15) is 10.4 Å². The molecule has 2 heterocycles. The van der Waals surface area contributed by atoms with Gasteiger partial charge in [-0.25, -0.2) is 0 Å². The summed E-state index contributed by atoms with van der Waals surface area (Å²) in [6.45, 7) is 2.78. The number of nitro benzene ring substituents is 1. The van der Waals surface area contributed by atoms with Crippen molar-refractivity contribution in [3.05, 3.63) is 56.8 Å². The number of piperazine rings is 1. The van der Waals surface area contributed by atoms with Crippen molar-refractivity contribution in [2.24, 2.45) is 0 Å². The molecule has 2 aromatic rings. The van der Waals surface area contributed by atoms with E-state index in [0.717, 1.165) is 24.3 Å². The SMILES string of the molecule is O=C(c1ccsc1)N1CCN(c2ccc([N+](=O)[O-])cc2)CC1. The van der Waals surface area contributed by atoms with Crippen molar-refractivity contribution in [2.45, 2.75) is 0 Å². The zero-order valence-electron chi connectivity index (χ0n) is 11.8. The molecule has 3 rings (SSSR count). The molecule has 6 nitrogen and oxygen atoms in total. The fourth-order valence-corrected chi connectivity index (χ4v) is 3.15. The van der Waals surface area contributed by atoms with Gasteiger partial charge < -0.3 is 9.80 Å². The van der Waals surface area contributed by atoms with Crippen LogP contribution in [0.15, 0.2) is 41.1 Å². The molecule has 1 saturated heterocycles. The molecule has 0 aliphatic carbocycles. The maximum absolute atomic E-state index is 12.3. The number of thiophene rings is 1. The van der Waals surface area contributed by atoms with Gasteiger partial charge in [-0.05, 0) is 23.6 Å². The van der Waals surface area contributed by atoms with Crippen molar-refractivity contribution in [3.63, 3.8) is 0 Å². The van der Waals surface area contributed by atoms with E-state index in [1.807, 2.05) is 21.7 Å². The lowest BCUT2D eigenvalue weighted by Gasteiger charge is -2.36. The molecule has 7 heteroatoms. The van der Waals surface area contributed by atoms with E-state index in [0.29, 0.717) is 13.1 Å². The fraction of sp³-hybridized carbons (Fsp3) is 0.267. The highest BCUT2D eigenvalue weighted by molar-refractivity contribution is 7.08. The van der Waals surface area contributed by atoms with Crippen molar-refractivity contribution in [1.29, 1.82) is 0 Å². The third-order valence-electron chi connectivity index (χ3n) is 3.76. The van der Waals surface area contributed by atoms with Crippen LogP contribution in [0, 0.1) is 10.1 Å². The van der Waals surface area contributed by atoms with E-state index < -0.39 is 4.92 Å². The number of nitrogens with zero attached hydrogens (tertiary/aromatic N) is 3. The molecule has 0 radical (unpaired) electrons. The molecule has 1 aliphatic heterocycles. The van der Waals surface area contributed by atoms with E-state index in [1.165, 1.54) is 23.5 Å². The molecule has 22 heavy (non-hydrogen) atoms. The molecule has 1 fully saturated rings. The van der Waals surface area contributed by atoms with Gasteiger partial charge in [-0.15, -0.1) is 0 Å². The first-order chi connectivity index (χ1) is 10.6. The summed E-state index contributed by atoms with van der Waals surface area (Å²) >= 11 is 1.52. The van der Waals surface area contributed by atoms with Crippen molar-refractivity contribution in [1.82, 2.24) is 4.90 Å². The molecule has 1 aromatic heterocycles. The van der Waals surface area contributed by atoms with Crippen LogP contribution in [0.4, 0.5) is 11.4 Å². The van der Waals surface area contributed by atoms with Gasteiger partial charge in [0.1, 0.15) is 0 Å². The number of hydrogen-bond donors (Lipinski definition) is 0. The summed E-state index contributed by atoms with van der Waals surface area (Å²) in [6, 6.07) is 8.38. The van der Waals surface area contributed by atoms with Crippen molar-refractivity contribution >= 4 is 28.6 Å². The Hall–Kier alpha value is -2.41. The predicted molar refractivity (Wildman–Crippen MR) is 85.5 cm³/mol. The topological polar surface area (TPSA) is 66.7 Å². The van der Waals surface area contributed by atoms with E-state index in [4.69, 9.17) is 0 Å². The highest BCUT2D eigenvalue weighted by Crippen LogP contribution is 2.21. The van der Waals surface area contributed by atoms with Crippen molar-refractivity contribution in [2.75, 3.05) is 31.1 Å². The first-order valence-corrected chi connectivity index (χ1v) is 7.90. The minimum absolute atomic E-state index is 0.0737. The number of carbonyl (C=O) groups excluding carboxylic acids is 1. The summed E-state index contributed by atoms with van der Waals surface area (Å²) in [6.07, 6.45) is 0. The minimum Gasteiger partial charge on any atom is -0.368 e. The van der Waals surface area contributed by atoms with Gasteiger partial charge in [0.2, 0.25) is 0 Å². The standard InChI is InChI=1S/C15H15N3O3S/c19-15(12-5-10-22-11-12)17-8-6-16(7-9-17)13-1-3-14(4-2-13)18(20)21/h1-5,10-11H,6-9H2. The normalized spacial score (nSPS) is 14.9. The lowest BCUT2D eigenvalue weighted by atomic mass is 10.2. The molecule has 1 amide bonds. The lowest BCUT2D eigenvalue weighted by molar-refractivity contribution is -0.384. The monoisotopic (exact) mass is 317 g/mol. The summed E-state index contributed by atoms with van der Waals surface area (Å²) in [5.74, 6) is 0.0737. The molecule has 1 aromatic carbocycles. The summed E-state index contributed by atoms with van der Waals surface area (Å²) in [5, 5.41) is 14.4. The molecule has 1 aliphatic rings. The molecule has 0 saturated carbocycles. The second-order valence-electron chi connectivity index (χ2n) is 5.06. The Morgan fingerprint density at radius 2 is 1.77 bits per heavy atom. The van der Waals surface area contributed by atoms with Gasteiger partial charge in [-0.3, -0.25) is 14.9 Å². The first-order valence-electron chi connectivity index (χ1n) is 6.96. The van der Waals surface area contributed by atoms with E-state index in [2.05, 4.69) is 4.90 Å². The van der Waals surface area contributed by atoms with Crippen LogP contribution in [-0.2, 0) is 0 Å². The third kappa shape index (κ3) is 2.94. The van der Waals surface area contributed by atoms with Crippen LogP contribution in [0.3, 0.4) is 0 Å². The fourth-order valence-electron chi connectivity index (χ4n) is 2.52. The average molecular weight is 317 g/mol. The van der Waals surface area contributed by atoms with Crippen LogP contribution >= 0.6 is 11.3 Å². The Balaban J connectivity index is 1.62. The number of non-ortho nitro benzene ring substituents is 1. The molecule has 0 unspecified atom stereocenters. The summed E-state index contributed by atoms with van der Waals surface area (Å²) in [4.78, 5) is 26.5. The number of nitro groups is 1. The van der Waals surface area contributed by atoms with E-state index in [1.54, 1.807) is 12.1 Å². The number of amides is 1. The van der Waals surface area contributed by atoms with Crippen molar-refractivity contribution in [3.8, 4) is 0 Å². The summed E-state index contributed by atoms with van der Waals surface area (Å²) in [5.41, 5.74) is 1.79. The Kier molecular flexibility index (Phi) is 4.06. The largest absolute Gasteiger partial charge is 0.368 e. The molecular formula is C15H15N3O3S. The van der Waals surface area contributed by atoms with Crippen LogP contribution < -0.4 is 4.90 Å². The smallest absolute Gasteiger partial charge is 0.269 e. The molecule has 0 N–H and O–H groups in total. The van der Waals surface area contributed by atoms with E-state index in [9.17, 15) is 14.9 Å². The maximum atomic E-state index is 12.3. The zero-order chi connectivity index (χ0) is 15.5. The quantitative estimate of drug-likeness (QED) is 0.645. The number of benzene rings is 1. The maximum Gasteiger partial charge on any atom is 0.269 e. The second kappa shape index (κ2) is 6.15. The predicted octanol–water partition coefficient (Wildman–Crippen LogP) is 2.62. The van der Waals surface area contributed by atoms with Crippen LogP contribution in [0.5, 0.6) is 0 Å². The van der Waals surface area contributed by atoms with Gasteiger partial charge >= 0.3 is 0 Å². The molecule has 0 bridgehead atoms. The Morgan fingerprint density at radius 1 is 1.09 bits per heavy atom. The van der Waals surface area contributed by atoms with Gasteiger partial charge in [-0.2, -0.15) is 11.3 Å². The number of anilines is 1. The highest BCUT2D eigenvalue weighted by atomic mass is 32.1. The molecular weight excluding hydrogens is 302 g/mol. The van der Waals surface area contributed by atoms with Crippen LogP contribution in [-0.4, -0.2) is 41.9 Å². The number of carbonyl (C=O) groups is 1. The minimum atomic E-state index is -0.402. The lowest BCUT2D eigenvalue weighted by Crippen LogP contribution is -2.48. The Labute approximate surface area is 131 Å². The summed E-state index contributed by atoms with van der Waals surface area (Å²) in [7, 11) is 0. The molecule has 114 valence electrons. The van der Waals surface area contributed by atoms with Gasteiger partial charge in [0.25, 0.3) is 11.6 Å². The number of rotatable bonds is 3. The highest BCUT2D eigenvalue weighted by Gasteiger charge is 2.22.